The molecular weight excluding hydrogens is 186 g/mol. The molecule has 0 amide bonds. The predicted octanol–water partition coefficient (Wildman–Crippen LogP) is 2.32. The van der Waals surface area contributed by atoms with Crippen LogP contribution in [0.4, 0.5) is 0 Å². The van der Waals surface area contributed by atoms with Crippen LogP contribution in [0.1, 0.15) is 5.69 Å². The van der Waals surface area contributed by atoms with E-state index in [1.807, 2.05) is 35.9 Å². The molecule has 1 aromatic carbocycles. The molecular formula is C10H10ClNO. The molecule has 1 N–H and O–H groups in total. The molecule has 3 heteroatoms. The Hall–Kier alpha value is -0.990. The lowest BCUT2D eigenvalue weighted by atomic mass is 10.2. The largest absolute Gasteiger partial charge is 0.390 e. The normalized spacial score (nSPS) is 11.0. The Kier molecular flexibility index (Phi) is 2.02. The molecule has 0 spiro atoms. The Morgan fingerprint density at radius 2 is 2.23 bits per heavy atom. The average Bonchev–Trinajstić information content (AvgIpc) is 2.45. The molecule has 2 nitrogen and oxygen atoms in total. The van der Waals surface area contributed by atoms with Gasteiger partial charge in [0, 0.05) is 28.7 Å². The van der Waals surface area contributed by atoms with Gasteiger partial charge in [-0.2, -0.15) is 0 Å². The molecule has 0 unspecified atom stereocenters. The smallest absolute Gasteiger partial charge is 0.0833 e. The topological polar surface area (TPSA) is 25.2 Å². The summed E-state index contributed by atoms with van der Waals surface area (Å²) in [5.41, 5.74) is 1.93. The van der Waals surface area contributed by atoms with Crippen molar-refractivity contribution in [1.82, 2.24) is 4.57 Å². The molecule has 0 saturated heterocycles. The van der Waals surface area contributed by atoms with Gasteiger partial charge in [-0.1, -0.05) is 17.7 Å². The van der Waals surface area contributed by atoms with Crippen molar-refractivity contribution in [2.24, 2.45) is 7.05 Å². The number of hydrogen-bond donors (Lipinski definition) is 1. The van der Waals surface area contributed by atoms with Gasteiger partial charge in [0.15, 0.2) is 0 Å². The van der Waals surface area contributed by atoms with E-state index < -0.39 is 0 Å². The third-order valence-corrected chi connectivity index (χ3v) is 2.62. The van der Waals surface area contributed by atoms with Gasteiger partial charge >= 0.3 is 0 Å². The van der Waals surface area contributed by atoms with Gasteiger partial charge in [0.05, 0.1) is 6.61 Å². The summed E-state index contributed by atoms with van der Waals surface area (Å²) < 4.78 is 1.95. The van der Waals surface area contributed by atoms with Crippen molar-refractivity contribution >= 4 is 22.5 Å². The molecule has 0 fully saturated rings. The molecule has 2 rings (SSSR count). The first-order chi connectivity index (χ1) is 6.24. The highest BCUT2D eigenvalue weighted by Crippen LogP contribution is 2.25. The van der Waals surface area contributed by atoms with Crippen molar-refractivity contribution in [3.8, 4) is 0 Å². The molecule has 0 radical (unpaired) electrons. The number of aliphatic hydroxyl groups excluding tert-OH is 1. The van der Waals surface area contributed by atoms with Crippen LogP contribution >= 0.6 is 11.6 Å². The van der Waals surface area contributed by atoms with Crippen LogP contribution in [0.15, 0.2) is 24.3 Å². The lowest BCUT2D eigenvalue weighted by Crippen LogP contribution is -1.94. The van der Waals surface area contributed by atoms with E-state index >= 15 is 0 Å². The van der Waals surface area contributed by atoms with Crippen LogP contribution in [0.5, 0.6) is 0 Å². The number of nitrogens with zero attached hydrogens (tertiary/aromatic N) is 1. The number of aryl methyl sites for hydroxylation is 1. The number of rotatable bonds is 1. The van der Waals surface area contributed by atoms with Crippen molar-refractivity contribution in [2.45, 2.75) is 6.61 Å². The monoisotopic (exact) mass is 195 g/mol. The Balaban J connectivity index is 2.83. The van der Waals surface area contributed by atoms with E-state index in [0.29, 0.717) is 0 Å². The fraction of sp³-hybridized carbons (Fsp3) is 0.200. The van der Waals surface area contributed by atoms with Gasteiger partial charge in [-0.05, 0) is 18.2 Å². The summed E-state index contributed by atoms with van der Waals surface area (Å²) >= 11 is 6.00. The van der Waals surface area contributed by atoms with Gasteiger partial charge in [-0.3, -0.25) is 0 Å². The number of aliphatic hydroxyl groups is 1. The molecule has 1 heterocycles. The van der Waals surface area contributed by atoms with Gasteiger partial charge in [0.2, 0.25) is 0 Å². The summed E-state index contributed by atoms with van der Waals surface area (Å²) in [4.78, 5) is 0. The average molecular weight is 196 g/mol. The molecule has 0 aliphatic heterocycles. The van der Waals surface area contributed by atoms with Gasteiger partial charge < -0.3 is 9.67 Å². The maximum absolute atomic E-state index is 9.05. The van der Waals surface area contributed by atoms with Crippen molar-refractivity contribution in [1.29, 1.82) is 0 Å². The molecule has 1 aromatic heterocycles. The van der Waals surface area contributed by atoms with Gasteiger partial charge in [-0.15, -0.1) is 0 Å². The highest BCUT2D eigenvalue weighted by Gasteiger charge is 2.06. The second-order valence-corrected chi connectivity index (χ2v) is 3.43. The number of fused-ring (bicyclic) bond motifs is 1. The number of aromatic nitrogens is 1. The zero-order valence-electron chi connectivity index (χ0n) is 7.29. The van der Waals surface area contributed by atoms with Crippen molar-refractivity contribution in [2.75, 3.05) is 0 Å². The van der Waals surface area contributed by atoms with Gasteiger partial charge in [-0.25, -0.2) is 0 Å². The first kappa shape index (κ1) is 8.60. The van der Waals surface area contributed by atoms with Crippen LogP contribution in [-0.2, 0) is 13.7 Å². The van der Waals surface area contributed by atoms with Crippen LogP contribution in [0, 0.1) is 0 Å². The number of benzene rings is 1. The van der Waals surface area contributed by atoms with Crippen LogP contribution in [0.25, 0.3) is 10.9 Å². The second-order valence-electron chi connectivity index (χ2n) is 3.03. The highest BCUT2D eigenvalue weighted by atomic mass is 35.5. The summed E-state index contributed by atoms with van der Waals surface area (Å²) in [6, 6.07) is 7.66. The zero-order valence-corrected chi connectivity index (χ0v) is 8.04. The molecule has 0 aliphatic rings. The molecule has 0 saturated carbocycles. The van der Waals surface area contributed by atoms with E-state index in [2.05, 4.69) is 0 Å². The lowest BCUT2D eigenvalue weighted by molar-refractivity contribution is 0.273. The maximum atomic E-state index is 9.05. The minimum atomic E-state index is 0.0432. The Morgan fingerprint density at radius 3 is 2.85 bits per heavy atom. The van der Waals surface area contributed by atoms with Gasteiger partial charge in [0.25, 0.3) is 0 Å². The standard InChI is InChI=1S/C10H10ClNO/c1-12-7(6-13)5-8-9(11)3-2-4-10(8)12/h2-5,13H,6H2,1H3. The fourth-order valence-electron chi connectivity index (χ4n) is 1.53. The molecule has 68 valence electrons. The number of halogens is 1. The van der Waals surface area contributed by atoms with E-state index in [1.165, 1.54) is 0 Å². The summed E-state index contributed by atoms with van der Waals surface area (Å²) in [7, 11) is 1.92. The van der Waals surface area contributed by atoms with Gasteiger partial charge in [0.1, 0.15) is 0 Å². The summed E-state index contributed by atoms with van der Waals surface area (Å²) in [5, 5.41) is 10.8. The molecule has 0 bridgehead atoms. The Labute approximate surface area is 81.4 Å². The first-order valence-electron chi connectivity index (χ1n) is 4.07. The Morgan fingerprint density at radius 1 is 1.46 bits per heavy atom. The first-order valence-corrected chi connectivity index (χ1v) is 4.45. The van der Waals surface area contributed by atoms with Crippen LogP contribution in [0.2, 0.25) is 5.02 Å². The fourth-order valence-corrected chi connectivity index (χ4v) is 1.75. The molecule has 0 aliphatic carbocycles. The van der Waals surface area contributed by atoms with E-state index in [0.717, 1.165) is 21.6 Å². The Bertz CT molecular complexity index is 447. The molecule has 0 atom stereocenters. The van der Waals surface area contributed by atoms with E-state index in [9.17, 15) is 0 Å². The summed E-state index contributed by atoms with van der Waals surface area (Å²) in [6.07, 6.45) is 0. The summed E-state index contributed by atoms with van der Waals surface area (Å²) in [6.45, 7) is 0.0432. The predicted molar refractivity (Wildman–Crippen MR) is 53.9 cm³/mol. The second kappa shape index (κ2) is 3.05. The highest BCUT2D eigenvalue weighted by molar-refractivity contribution is 6.35. The molecule has 2 aromatic rings. The third-order valence-electron chi connectivity index (χ3n) is 2.30. The summed E-state index contributed by atoms with van der Waals surface area (Å²) in [5.74, 6) is 0. The van der Waals surface area contributed by atoms with E-state index in [-0.39, 0.29) is 6.61 Å². The van der Waals surface area contributed by atoms with Crippen molar-refractivity contribution in [3.63, 3.8) is 0 Å². The number of hydrogen-bond acceptors (Lipinski definition) is 1. The van der Waals surface area contributed by atoms with Crippen LogP contribution in [-0.4, -0.2) is 9.67 Å². The maximum Gasteiger partial charge on any atom is 0.0833 e. The van der Waals surface area contributed by atoms with E-state index in [1.54, 1.807) is 0 Å². The van der Waals surface area contributed by atoms with Crippen molar-refractivity contribution in [3.05, 3.63) is 35.0 Å². The minimum absolute atomic E-state index is 0.0432. The van der Waals surface area contributed by atoms with Crippen molar-refractivity contribution < 1.29 is 5.11 Å². The SMILES string of the molecule is Cn1c(CO)cc2c(Cl)cccc21. The van der Waals surface area contributed by atoms with E-state index in [4.69, 9.17) is 16.7 Å². The third kappa shape index (κ3) is 1.23. The minimum Gasteiger partial charge on any atom is -0.390 e. The van der Waals surface area contributed by atoms with Crippen LogP contribution < -0.4 is 0 Å². The quantitative estimate of drug-likeness (QED) is 0.743. The van der Waals surface area contributed by atoms with Crippen LogP contribution in [0.3, 0.4) is 0 Å². The lowest BCUT2D eigenvalue weighted by Gasteiger charge is -1.99. The zero-order chi connectivity index (χ0) is 9.42. The molecule has 13 heavy (non-hydrogen) atoms.